The van der Waals surface area contributed by atoms with E-state index in [1.54, 1.807) is 30.3 Å². The van der Waals surface area contributed by atoms with E-state index >= 15 is 0 Å². The van der Waals surface area contributed by atoms with E-state index in [1.807, 2.05) is 13.8 Å². The number of hydrogen-bond donors (Lipinski definition) is 2. The molecule has 2 amide bonds. The molecule has 2 rings (SSSR count). The molecule has 0 atom stereocenters. The third kappa shape index (κ3) is 4.44. The number of ether oxygens (including phenoxy) is 1. The van der Waals surface area contributed by atoms with E-state index in [1.165, 1.54) is 19.2 Å². The van der Waals surface area contributed by atoms with Crippen LogP contribution in [0.25, 0.3) is 0 Å². The van der Waals surface area contributed by atoms with Gasteiger partial charge < -0.3 is 15.4 Å². The highest BCUT2D eigenvalue weighted by atomic mass is 16.5. The van der Waals surface area contributed by atoms with Gasteiger partial charge in [0.15, 0.2) is 0 Å². The minimum atomic E-state index is -0.461. The van der Waals surface area contributed by atoms with E-state index in [4.69, 9.17) is 0 Å². The Bertz CT molecular complexity index is 798. The monoisotopic (exact) mass is 340 g/mol. The molecular weight excluding hydrogens is 320 g/mol. The van der Waals surface area contributed by atoms with E-state index in [-0.39, 0.29) is 11.8 Å². The first-order valence-corrected chi connectivity index (χ1v) is 7.84. The Morgan fingerprint density at radius 1 is 0.920 bits per heavy atom. The summed E-state index contributed by atoms with van der Waals surface area (Å²) in [6.45, 7) is 4.21. The fourth-order valence-corrected chi connectivity index (χ4v) is 2.23. The lowest BCUT2D eigenvalue weighted by Crippen LogP contribution is -2.23. The zero-order chi connectivity index (χ0) is 18.4. The Morgan fingerprint density at radius 2 is 1.52 bits per heavy atom. The fourth-order valence-electron chi connectivity index (χ4n) is 2.23. The molecule has 0 aliphatic carbocycles. The van der Waals surface area contributed by atoms with Gasteiger partial charge >= 0.3 is 5.97 Å². The average molecular weight is 340 g/mol. The Balaban J connectivity index is 2.18. The molecule has 6 nitrogen and oxygen atoms in total. The number of esters is 1. The van der Waals surface area contributed by atoms with Gasteiger partial charge in [-0.25, -0.2) is 4.79 Å². The lowest BCUT2D eigenvalue weighted by Gasteiger charge is -2.11. The smallest absolute Gasteiger partial charge is 0.337 e. The van der Waals surface area contributed by atoms with E-state index in [0.29, 0.717) is 28.9 Å². The van der Waals surface area contributed by atoms with Crippen molar-refractivity contribution in [2.24, 2.45) is 0 Å². The second-order valence-electron chi connectivity index (χ2n) is 5.41. The van der Waals surface area contributed by atoms with Gasteiger partial charge in [0.25, 0.3) is 11.8 Å². The Morgan fingerprint density at radius 3 is 2.12 bits per heavy atom. The van der Waals surface area contributed by atoms with Crippen molar-refractivity contribution in [2.75, 3.05) is 19.0 Å². The summed E-state index contributed by atoms with van der Waals surface area (Å²) < 4.78 is 4.63. The molecule has 0 saturated heterocycles. The summed E-state index contributed by atoms with van der Waals surface area (Å²) in [7, 11) is 1.30. The van der Waals surface area contributed by atoms with Crippen LogP contribution in [0.4, 0.5) is 5.69 Å². The van der Waals surface area contributed by atoms with Crippen LogP contribution in [0.1, 0.15) is 43.6 Å². The van der Waals surface area contributed by atoms with E-state index < -0.39 is 5.97 Å². The molecule has 2 aromatic carbocycles. The van der Waals surface area contributed by atoms with Gasteiger partial charge in [0, 0.05) is 23.4 Å². The molecular formula is C19H20N2O4. The van der Waals surface area contributed by atoms with Crippen molar-refractivity contribution in [3.05, 3.63) is 64.7 Å². The zero-order valence-electron chi connectivity index (χ0n) is 14.4. The molecule has 0 fully saturated rings. The highest BCUT2D eigenvalue weighted by molar-refractivity contribution is 6.06. The number of rotatable bonds is 5. The maximum atomic E-state index is 12.4. The standard InChI is InChI=1S/C19H20N2O4/c1-4-20-17(22)15-6-5-12(2)16(11-15)21-18(23)13-7-9-14(10-8-13)19(24)25-3/h5-11H,4H2,1-3H3,(H,20,22)(H,21,23). The van der Waals surface area contributed by atoms with Crippen molar-refractivity contribution >= 4 is 23.5 Å². The Labute approximate surface area is 146 Å². The first kappa shape index (κ1) is 18.2. The van der Waals surface area contributed by atoms with Gasteiger partial charge in [0.2, 0.25) is 0 Å². The number of methoxy groups -OCH3 is 1. The van der Waals surface area contributed by atoms with Gasteiger partial charge in [0.05, 0.1) is 12.7 Å². The Hall–Kier alpha value is -3.15. The topological polar surface area (TPSA) is 84.5 Å². The molecule has 2 N–H and O–H groups in total. The van der Waals surface area contributed by atoms with Crippen LogP contribution in [0.15, 0.2) is 42.5 Å². The normalized spacial score (nSPS) is 10.0. The molecule has 0 heterocycles. The van der Waals surface area contributed by atoms with Crippen LogP contribution in [0, 0.1) is 6.92 Å². The maximum absolute atomic E-state index is 12.4. The van der Waals surface area contributed by atoms with E-state index in [9.17, 15) is 14.4 Å². The van der Waals surface area contributed by atoms with Crippen LogP contribution in [0.3, 0.4) is 0 Å². The number of aryl methyl sites for hydroxylation is 1. The molecule has 130 valence electrons. The van der Waals surface area contributed by atoms with Crippen molar-refractivity contribution in [2.45, 2.75) is 13.8 Å². The number of carbonyl (C=O) groups excluding carboxylic acids is 3. The number of hydrogen-bond acceptors (Lipinski definition) is 4. The number of anilines is 1. The summed E-state index contributed by atoms with van der Waals surface area (Å²) in [6, 6.07) is 11.3. The van der Waals surface area contributed by atoms with Gasteiger partial charge in [-0.05, 0) is 55.8 Å². The second kappa shape index (κ2) is 8.10. The van der Waals surface area contributed by atoms with Crippen LogP contribution in [0.5, 0.6) is 0 Å². The molecule has 0 aliphatic heterocycles. The van der Waals surface area contributed by atoms with Gasteiger partial charge in [-0.1, -0.05) is 6.07 Å². The number of nitrogens with one attached hydrogen (secondary N) is 2. The van der Waals surface area contributed by atoms with Crippen LogP contribution < -0.4 is 10.6 Å². The molecule has 6 heteroatoms. The third-order valence-electron chi connectivity index (χ3n) is 3.65. The van der Waals surface area contributed by atoms with Crippen LogP contribution >= 0.6 is 0 Å². The molecule has 0 aliphatic rings. The summed E-state index contributed by atoms with van der Waals surface area (Å²) >= 11 is 0. The summed E-state index contributed by atoms with van der Waals surface area (Å²) in [6.07, 6.45) is 0. The first-order chi connectivity index (χ1) is 12.0. The molecule has 0 unspecified atom stereocenters. The van der Waals surface area contributed by atoms with Gasteiger partial charge in [-0.2, -0.15) is 0 Å². The summed E-state index contributed by atoms with van der Waals surface area (Å²) in [4.78, 5) is 35.7. The Kier molecular flexibility index (Phi) is 5.89. The number of amides is 2. The quantitative estimate of drug-likeness (QED) is 0.820. The fraction of sp³-hybridized carbons (Fsp3) is 0.211. The highest BCUT2D eigenvalue weighted by Gasteiger charge is 2.12. The predicted molar refractivity (Wildman–Crippen MR) is 94.9 cm³/mol. The molecule has 0 radical (unpaired) electrons. The average Bonchev–Trinajstić information content (AvgIpc) is 2.63. The highest BCUT2D eigenvalue weighted by Crippen LogP contribution is 2.18. The summed E-state index contributed by atoms with van der Waals surface area (Å²) in [5.41, 5.74) is 2.64. The molecule has 0 bridgehead atoms. The largest absolute Gasteiger partial charge is 0.465 e. The molecule has 25 heavy (non-hydrogen) atoms. The molecule has 0 saturated carbocycles. The SMILES string of the molecule is CCNC(=O)c1ccc(C)c(NC(=O)c2ccc(C(=O)OC)cc2)c1. The van der Waals surface area contributed by atoms with Crippen molar-refractivity contribution in [3.8, 4) is 0 Å². The maximum Gasteiger partial charge on any atom is 0.337 e. The van der Waals surface area contributed by atoms with Gasteiger partial charge in [-0.3, -0.25) is 9.59 Å². The van der Waals surface area contributed by atoms with Crippen molar-refractivity contribution in [3.63, 3.8) is 0 Å². The molecule has 2 aromatic rings. The van der Waals surface area contributed by atoms with Crippen molar-refractivity contribution in [1.29, 1.82) is 0 Å². The third-order valence-corrected chi connectivity index (χ3v) is 3.65. The lowest BCUT2D eigenvalue weighted by molar-refractivity contribution is 0.0600. The van der Waals surface area contributed by atoms with Gasteiger partial charge in [0.1, 0.15) is 0 Å². The molecule has 0 aromatic heterocycles. The van der Waals surface area contributed by atoms with Gasteiger partial charge in [-0.15, -0.1) is 0 Å². The lowest BCUT2D eigenvalue weighted by atomic mass is 10.1. The van der Waals surface area contributed by atoms with Crippen molar-refractivity contribution in [1.82, 2.24) is 5.32 Å². The zero-order valence-corrected chi connectivity index (χ0v) is 14.4. The first-order valence-electron chi connectivity index (χ1n) is 7.84. The summed E-state index contributed by atoms with van der Waals surface area (Å²) in [5.74, 6) is -0.981. The number of carbonyl (C=O) groups is 3. The van der Waals surface area contributed by atoms with Crippen LogP contribution in [-0.2, 0) is 4.74 Å². The van der Waals surface area contributed by atoms with E-state index in [0.717, 1.165) is 5.56 Å². The number of benzene rings is 2. The summed E-state index contributed by atoms with van der Waals surface area (Å²) in [5, 5.41) is 5.51. The van der Waals surface area contributed by atoms with E-state index in [2.05, 4.69) is 15.4 Å². The minimum absolute atomic E-state index is 0.194. The van der Waals surface area contributed by atoms with Crippen LogP contribution in [-0.4, -0.2) is 31.4 Å². The predicted octanol–water partition coefficient (Wildman–Crippen LogP) is 2.78. The molecule has 0 spiro atoms. The minimum Gasteiger partial charge on any atom is -0.465 e. The van der Waals surface area contributed by atoms with Crippen LogP contribution in [0.2, 0.25) is 0 Å². The second-order valence-corrected chi connectivity index (χ2v) is 5.41. The van der Waals surface area contributed by atoms with Crippen molar-refractivity contribution < 1.29 is 19.1 Å².